The second-order valence-corrected chi connectivity index (χ2v) is 4.09. The van der Waals surface area contributed by atoms with Crippen LogP contribution in [0.5, 0.6) is 0 Å². The molecule has 0 aromatic carbocycles. The van der Waals surface area contributed by atoms with Gasteiger partial charge in [-0.3, -0.25) is 5.10 Å². The number of rotatable bonds is 5. The van der Waals surface area contributed by atoms with Gasteiger partial charge in [-0.2, -0.15) is 5.10 Å². The van der Waals surface area contributed by atoms with Crippen LogP contribution in [-0.4, -0.2) is 33.7 Å². The first-order valence-corrected chi connectivity index (χ1v) is 5.65. The first-order chi connectivity index (χ1) is 7.81. The summed E-state index contributed by atoms with van der Waals surface area (Å²) in [7, 11) is 2.13. The maximum atomic E-state index is 4.12. The van der Waals surface area contributed by atoms with Crippen molar-refractivity contribution in [1.82, 2.24) is 20.1 Å². The van der Waals surface area contributed by atoms with E-state index in [0.29, 0.717) is 0 Å². The van der Waals surface area contributed by atoms with Gasteiger partial charge in [-0.1, -0.05) is 6.92 Å². The molecule has 16 heavy (non-hydrogen) atoms. The molecule has 0 amide bonds. The molecule has 0 atom stereocenters. The van der Waals surface area contributed by atoms with Crippen LogP contribution in [0, 0.1) is 0 Å². The predicted molar refractivity (Wildman–Crippen MR) is 65.0 cm³/mol. The van der Waals surface area contributed by atoms with E-state index in [0.717, 1.165) is 24.5 Å². The highest BCUT2D eigenvalue weighted by molar-refractivity contribution is 5.58. The van der Waals surface area contributed by atoms with Gasteiger partial charge in [0, 0.05) is 18.3 Å². The lowest BCUT2D eigenvalue weighted by Gasteiger charge is -2.14. The van der Waals surface area contributed by atoms with Crippen molar-refractivity contribution in [3.8, 4) is 11.4 Å². The minimum Gasteiger partial charge on any atom is -0.360 e. The molecule has 0 unspecified atom stereocenters. The van der Waals surface area contributed by atoms with Gasteiger partial charge < -0.3 is 9.88 Å². The van der Waals surface area contributed by atoms with Crippen LogP contribution in [0.15, 0.2) is 24.5 Å². The summed E-state index contributed by atoms with van der Waals surface area (Å²) in [6.45, 7) is 4.23. The molecule has 0 aliphatic carbocycles. The third-order valence-electron chi connectivity index (χ3n) is 2.63. The number of aromatic nitrogens is 3. The molecule has 0 aliphatic rings. The molecule has 0 saturated heterocycles. The van der Waals surface area contributed by atoms with Crippen molar-refractivity contribution in [3.05, 3.63) is 30.1 Å². The van der Waals surface area contributed by atoms with Gasteiger partial charge in [0.1, 0.15) is 0 Å². The Labute approximate surface area is 95.7 Å². The summed E-state index contributed by atoms with van der Waals surface area (Å²) in [4.78, 5) is 5.50. The molecule has 0 bridgehead atoms. The Bertz CT molecular complexity index is 416. The maximum Gasteiger partial charge on any atom is 0.0857 e. The minimum atomic E-state index is 0.929. The van der Waals surface area contributed by atoms with Crippen molar-refractivity contribution < 1.29 is 0 Å². The van der Waals surface area contributed by atoms with Crippen LogP contribution in [0.25, 0.3) is 11.4 Å². The second-order valence-electron chi connectivity index (χ2n) is 4.09. The average molecular weight is 218 g/mol. The Morgan fingerprint density at radius 1 is 1.44 bits per heavy atom. The number of hydrogen-bond donors (Lipinski definition) is 2. The van der Waals surface area contributed by atoms with Crippen LogP contribution in [-0.2, 0) is 6.54 Å². The summed E-state index contributed by atoms with van der Waals surface area (Å²) < 4.78 is 0. The van der Waals surface area contributed by atoms with E-state index in [1.54, 1.807) is 0 Å². The zero-order chi connectivity index (χ0) is 11.4. The van der Waals surface area contributed by atoms with E-state index in [4.69, 9.17) is 0 Å². The molecule has 2 rings (SSSR count). The maximum absolute atomic E-state index is 4.12. The number of nitrogens with zero attached hydrogens (tertiary/aromatic N) is 2. The van der Waals surface area contributed by atoms with Gasteiger partial charge in [-0.05, 0) is 32.1 Å². The fourth-order valence-corrected chi connectivity index (χ4v) is 1.90. The number of hydrogen-bond acceptors (Lipinski definition) is 2. The fourth-order valence-electron chi connectivity index (χ4n) is 1.90. The summed E-state index contributed by atoms with van der Waals surface area (Å²) in [5.41, 5.74) is 3.42. The highest BCUT2D eigenvalue weighted by atomic mass is 15.1. The molecule has 4 heteroatoms. The lowest BCUT2D eigenvalue weighted by atomic mass is 10.2. The third kappa shape index (κ3) is 2.33. The van der Waals surface area contributed by atoms with Gasteiger partial charge in [-0.15, -0.1) is 0 Å². The molecule has 0 aliphatic heterocycles. The van der Waals surface area contributed by atoms with Crippen molar-refractivity contribution in [2.24, 2.45) is 0 Å². The topological polar surface area (TPSA) is 47.7 Å². The lowest BCUT2D eigenvalue weighted by Crippen LogP contribution is -2.18. The highest BCUT2D eigenvalue weighted by Crippen LogP contribution is 2.19. The summed E-state index contributed by atoms with van der Waals surface area (Å²) in [6.07, 6.45) is 5.00. The van der Waals surface area contributed by atoms with E-state index in [1.807, 2.05) is 18.5 Å². The molecular formula is C12H18N4. The van der Waals surface area contributed by atoms with Gasteiger partial charge in [0.2, 0.25) is 0 Å². The normalized spacial score (nSPS) is 11.2. The van der Waals surface area contributed by atoms with Gasteiger partial charge in [0.15, 0.2) is 0 Å². The van der Waals surface area contributed by atoms with Crippen LogP contribution in [0.1, 0.15) is 18.9 Å². The van der Waals surface area contributed by atoms with Gasteiger partial charge in [0.25, 0.3) is 0 Å². The Kier molecular flexibility index (Phi) is 3.41. The number of aromatic amines is 2. The van der Waals surface area contributed by atoms with E-state index in [9.17, 15) is 0 Å². The monoisotopic (exact) mass is 218 g/mol. The van der Waals surface area contributed by atoms with E-state index < -0.39 is 0 Å². The SMILES string of the molecule is CCCN(C)Cc1cn[nH]c1-c1ccc[nH]1. The van der Waals surface area contributed by atoms with Gasteiger partial charge >= 0.3 is 0 Å². The van der Waals surface area contributed by atoms with Crippen molar-refractivity contribution in [2.75, 3.05) is 13.6 Å². The van der Waals surface area contributed by atoms with Crippen molar-refractivity contribution in [3.63, 3.8) is 0 Å². The first kappa shape index (κ1) is 11.0. The quantitative estimate of drug-likeness (QED) is 0.808. The third-order valence-corrected chi connectivity index (χ3v) is 2.63. The number of nitrogens with one attached hydrogen (secondary N) is 2. The summed E-state index contributed by atoms with van der Waals surface area (Å²) in [6, 6.07) is 4.05. The zero-order valence-corrected chi connectivity index (χ0v) is 9.83. The second kappa shape index (κ2) is 4.99. The van der Waals surface area contributed by atoms with Gasteiger partial charge in [0.05, 0.1) is 17.6 Å². The van der Waals surface area contributed by atoms with E-state index >= 15 is 0 Å². The standard InChI is InChI=1S/C12H18N4/c1-3-7-16(2)9-10-8-14-15-12(10)11-5-4-6-13-11/h4-6,8,13H,3,7,9H2,1-2H3,(H,14,15). The highest BCUT2D eigenvalue weighted by Gasteiger charge is 2.09. The molecule has 2 aromatic heterocycles. The summed E-state index contributed by atoms with van der Waals surface area (Å²) in [5, 5.41) is 7.17. The molecule has 0 radical (unpaired) electrons. The smallest absolute Gasteiger partial charge is 0.0857 e. The lowest BCUT2D eigenvalue weighted by molar-refractivity contribution is 0.328. The first-order valence-electron chi connectivity index (χ1n) is 5.65. The molecule has 86 valence electrons. The van der Waals surface area contributed by atoms with Crippen molar-refractivity contribution >= 4 is 0 Å². The Balaban J connectivity index is 2.14. The minimum absolute atomic E-state index is 0.929. The Morgan fingerprint density at radius 2 is 2.31 bits per heavy atom. The Hall–Kier alpha value is -1.55. The van der Waals surface area contributed by atoms with Crippen LogP contribution < -0.4 is 0 Å². The fraction of sp³-hybridized carbons (Fsp3) is 0.417. The predicted octanol–water partition coefficient (Wildman–Crippen LogP) is 2.25. The molecular weight excluding hydrogens is 200 g/mol. The van der Waals surface area contributed by atoms with E-state index in [1.165, 1.54) is 12.0 Å². The zero-order valence-electron chi connectivity index (χ0n) is 9.83. The van der Waals surface area contributed by atoms with Crippen LogP contribution in [0.4, 0.5) is 0 Å². The van der Waals surface area contributed by atoms with Crippen LogP contribution in [0.2, 0.25) is 0 Å². The average Bonchev–Trinajstić information content (AvgIpc) is 2.86. The van der Waals surface area contributed by atoms with Crippen molar-refractivity contribution in [2.45, 2.75) is 19.9 Å². The molecule has 0 fully saturated rings. The van der Waals surface area contributed by atoms with Crippen LogP contribution in [0.3, 0.4) is 0 Å². The van der Waals surface area contributed by atoms with Crippen LogP contribution >= 0.6 is 0 Å². The molecule has 2 heterocycles. The number of H-pyrrole nitrogens is 2. The summed E-state index contributed by atoms with van der Waals surface area (Å²) in [5.74, 6) is 0. The van der Waals surface area contributed by atoms with E-state index in [2.05, 4.69) is 40.1 Å². The largest absolute Gasteiger partial charge is 0.360 e. The van der Waals surface area contributed by atoms with E-state index in [-0.39, 0.29) is 0 Å². The molecule has 2 N–H and O–H groups in total. The molecule has 0 saturated carbocycles. The van der Waals surface area contributed by atoms with Crippen molar-refractivity contribution in [1.29, 1.82) is 0 Å². The Morgan fingerprint density at radius 3 is 3.00 bits per heavy atom. The summed E-state index contributed by atoms with van der Waals surface area (Å²) >= 11 is 0. The molecule has 2 aromatic rings. The molecule has 0 spiro atoms. The van der Waals surface area contributed by atoms with Gasteiger partial charge in [-0.25, -0.2) is 0 Å². The molecule has 4 nitrogen and oxygen atoms in total.